The number of aromatic nitrogens is 3. The summed E-state index contributed by atoms with van der Waals surface area (Å²) in [7, 11) is 0. The molecular weight excluding hydrogens is 329 g/mol. The third-order valence-electron chi connectivity index (χ3n) is 4.01. The van der Waals surface area contributed by atoms with Crippen molar-refractivity contribution in [2.45, 2.75) is 25.7 Å². The van der Waals surface area contributed by atoms with Gasteiger partial charge in [-0.25, -0.2) is 4.98 Å². The molecule has 0 bridgehead atoms. The molecule has 1 atom stereocenters. The van der Waals surface area contributed by atoms with Crippen LogP contribution in [0.25, 0.3) is 0 Å². The van der Waals surface area contributed by atoms with E-state index in [-0.39, 0.29) is 0 Å². The lowest BCUT2D eigenvalue weighted by molar-refractivity contribution is -0.137. The summed E-state index contributed by atoms with van der Waals surface area (Å²) in [6.07, 6.45) is -3.05. The zero-order valence-corrected chi connectivity index (χ0v) is 13.5. The third-order valence-corrected chi connectivity index (χ3v) is 4.01. The van der Waals surface area contributed by atoms with Gasteiger partial charge in [-0.05, 0) is 35.7 Å². The van der Waals surface area contributed by atoms with Crippen LogP contribution >= 0.6 is 0 Å². The van der Waals surface area contributed by atoms with E-state index in [0.717, 1.165) is 23.3 Å². The standard InChI is InChI=1S/C18H17F3N4/c1-12-5-2-3-6-14(12)10-22-16(17-23-11-24-25-17)13-7-4-8-15(9-13)18(19,20)21/h2-9,11,16,22H,10H2,1H3,(H,23,24,25)/t16-/m0/s1. The fourth-order valence-electron chi connectivity index (χ4n) is 2.64. The number of halogens is 3. The summed E-state index contributed by atoms with van der Waals surface area (Å²) in [4.78, 5) is 4.11. The van der Waals surface area contributed by atoms with Gasteiger partial charge in [-0.15, -0.1) is 0 Å². The van der Waals surface area contributed by atoms with Crippen LogP contribution < -0.4 is 5.32 Å². The van der Waals surface area contributed by atoms with E-state index >= 15 is 0 Å². The maximum atomic E-state index is 13.0. The first-order valence-electron chi connectivity index (χ1n) is 7.75. The molecule has 2 aromatic carbocycles. The van der Waals surface area contributed by atoms with Gasteiger partial charge in [0.15, 0.2) is 0 Å². The monoisotopic (exact) mass is 346 g/mol. The number of rotatable bonds is 5. The summed E-state index contributed by atoms with van der Waals surface area (Å²) in [6.45, 7) is 2.49. The summed E-state index contributed by atoms with van der Waals surface area (Å²) in [5.41, 5.74) is 1.96. The van der Waals surface area contributed by atoms with Crippen LogP contribution in [0.3, 0.4) is 0 Å². The Kier molecular flexibility index (Phi) is 4.85. The second kappa shape index (κ2) is 7.06. The maximum Gasteiger partial charge on any atom is 0.416 e. The molecule has 0 aliphatic rings. The Morgan fingerprint density at radius 1 is 1.12 bits per heavy atom. The van der Waals surface area contributed by atoms with Crippen molar-refractivity contribution >= 4 is 0 Å². The van der Waals surface area contributed by atoms with Gasteiger partial charge in [-0.2, -0.15) is 18.3 Å². The van der Waals surface area contributed by atoms with E-state index in [0.29, 0.717) is 17.9 Å². The van der Waals surface area contributed by atoms with Crippen LogP contribution in [0, 0.1) is 6.92 Å². The number of benzene rings is 2. The van der Waals surface area contributed by atoms with Gasteiger partial charge in [0.2, 0.25) is 0 Å². The molecule has 0 amide bonds. The minimum Gasteiger partial charge on any atom is -0.300 e. The largest absolute Gasteiger partial charge is 0.416 e. The van der Waals surface area contributed by atoms with Crippen LogP contribution in [0.4, 0.5) is 13.2 Å². The van der Waals surface area contributed by atoms with E-state index in [1.165, 1.54) is 12.4 Å². The molecule has 3 rings (SSSR count). The quantitative estimate of drug-likeness (QED) is 0.734. The predicted molar refractivity (Wildman–Crippen MR) is 87.7 cm³/mol. The molecule has 0 unspecified atom stereocenters. The number of nitrogens with zero attached hydrogens (tertiary/aromatic N) is 2. The van der Waals surface area contributed by atoms with Gasteiger partial charge in [0, 0.05) is 6.54 Å². The molecule has 0 radical (unpaired) electrons. The lowest BCUT2D eigenvalue weighted by Gasteiger charge is -2.19. The van der Waals surface area contributed by atoms with E-state index in [9.17, 15) is 13.2 Å². The van der Waals surface area contributed by atoms with Crippen LogP contribution in [0.2, 0.25) is 0 Å². The Morgan fingerprint density at radius 2 is 1.92 bits per heavy atom. The van der Waals surface area contributed by atoms with Gasteiger partial charge in [-0.3, -0.25) is 10.4 Å². The van der Waals surface area contributed by atoms with Crippen molar-refractivity contribution in [3.63, 3.8) is 0 Å². The van der Waals surface area contributed by atoms with Gasteiger partial charge in [-0.1, -0.05) is 36.4 Å². The van der Waals surface area contributed by atoms with Crippen molar-refractivity contribution in [3.05, 3.63) is 82.9 Å². The van der Waals surface area contributed by atoms with E-state index in [1.807, 2.05) is 31.2 Å². The molecule has 0 saturated heterocycles. The van der Waals surface area contributed by atoms with E-state index < -0.39 is 17.8 Å². The number of aromatic amines is 1. The molecule has 25 heavy (non-hydrogen) atoms. The molecule has 0 aliphatic carbocycles. The Bertz CT molecular complexity index is 828. The summed E-state index contributed by atoms with van der Waals surface area (Å²) < 4.78 is 39.1. The molecule has 0 spiro atoms. The average molecular weight is 346 g/mol. The Morgan fingerprint density at radius 3 is 2.60 bits per heavy atom. The van der Waals surface area contributed by atoms with Crippen LogP contribution in [0.1, 0.15) is 34.1 Å². The number of H-pyrrole nitrogens is 1. The van der Waals surface area contributed by atoms with Crippen molar-refractivity contribution < 1.29 is 13.2 Å². The molecule has 0 fully saturated rings. The fraction of sp³-hybridized carbons (Fsp3) is 0.222. The highest BCUT2D eigenvalue weighted by Crippen LogP contribution is 2.31. The first-order valence-corrected chi connectivity index (χ1v) is 7.75. The number of hydrogen-bond donors (Lipinski definition) is 2. The zero-order chi connectivity index (χ0) is 17.9. The Balaban J connectivity index is 1.90. The molecule has 1 aromatic heterocycles. The molecule has 2 N–H and O–H groups in total. The highest BCUT2D eigenvalue weighted by molar-refractivity contribution is 5.32. The molecule has 0 aliphatic heterocycles. The van der Waals surface area contributed by atoms with Gasteiger partial charge < -0.3 is 0 Å². The van der Waals surface area contributed by atoms with Crippen LogP contribution in [0.15, 0.2) is 54.9 Å². The molecule has 7 heteroatoms. The SMILES string of the molecule is Cc1ccccc1CN[C@@H](c1cccc(C(F)(F)F)c1)c1ncn[nH]1. The number of alkyl halides is 3. The minimum atomic E-state index is -4.39. The topological polar surface area (TPSA) is 53.6 Å². The van der Waals surface area contributed by atoms with Gasteiger partial charge in [0.1, 0.15) is 12.2 Å². The molecule has 3 aromatic rings. The third kappa shape index (κ3) is 4.06. The zero-order valence-electron chi connectivity index (χ0n) is 13.5. The van der Waals surface area contributed by atoms with E-state index in [1.54, 1.807) is 6.07 Å². The molecule has 4 nitrogen and oxygen atoms in total. The minimum absolute atomic E-state index is 0.466. The van der Waals surface area contributed by atoms with Crippen molar-refractivity contribution in [2.75, 3.05) is 0 Å². The Hall–Kier alpha value is -2.67. The van der Waals surface area contributed by atoms with E-state index in [4.69, 9.17) is 0 Å². The normalized spacial score (nSPS) is 13.0. The van der Waals surface area contributed by atoms with Crippen molar-refractivity contribution in [1.29, 1.82) is 0 Å². The molecule has 1 heterocycles. The van der Waals surface area contributed by atoms with Crippen molar-refractivity contribution in [2.24, 2.45) is 0 Å². The summed E-state index contributed by atoms with van der Waals surface area (Å²) in [6, 6.07) is 12.6. The molecule has 0 saturated carbocycles. The molecule has 130 valence electrons. The summed E-state index contributed by atoms with van der Waals surface area (Å²) >= 11 is 0. The highest BCUT2D eigenvalue weighted by atomic mass is 19.4. The number of aryl methyl sites for hydroxylation is 1. The van der Waals surface area contributed by atoms with Crippen molar-refractivity contribution in [3.8, 4) is 0 Å². The van der Waals surface area contributed by atoms with Gasteiger partial charge in [0.25, 0.3) is 0 Å². The molecular formula is C18H17F3N4. The number of nitrogens with one attached hydrogen (secondary N) is 2. The summed E-state index contributed by atoms with van der Waals surface area (Å²) in [5, 5.41) is 9.83. The summed E-state index contributed by atoms with van der Waals surface area (Å²) in [5.74, 6) is 0.466. The first kappa shape index (κ1) is 17.2. The fourth-order valence-corrected chi connectivity index (χ4v) is 2.64. The van der Waals surface area contributed by atoms with Gasteiger partial charge >= 0.3 is 6.18 Å². The Labute approximate surface area is 143 Å². The average Bonchev–Trinajstić information content (AvgIpc) is 3.10. The van der Waals surface area contributed by atoms with Gasteiger partial charge in [0.05, 0.1) is 11.6 Å². The lowest BCUT2D eigenvalue weighted by Crippen LogP contribution is -2.24. The highest BCUT2D eigenvalue weighted by Gasteiger charge is 2.31. The maximum absolute atomic E-state index is 13.0. The first-order chi connectivity index (χ1) is 11.9. The van der Waals surface area contributed by atoms with E-state index in [2.05, 4.69) is 20.5 Å². The second-order valence-corrected chi connectivity index (χ2v) is 5.73. The number of hydrogen-bond acceptors (Lipinski definition) is 3. The van der Waals surface area contributed by atoms with Crippen LogP contribution in [-0.4, -0.2) is 15.2 Å². The van der Waals surface area contributed by atoms with Crippen LogP contribution in [-0.2, 0) is 12.7 Å². The predicted octanol–water partition coefficient (Wildman–Crippen LogP) is 4.01. The lowest BCUT2D eigenvalue weighted by atomic mass is 10.0. The smallest absolute Gasteiger partial charge is 0.300 e. The van der Waals surface area contributed by atoms with Crippen LogP contribution in [0.5, 0.6) is 0 Å². The van der Waals surface area contributed by atoms with Crippen molar-refractivity contribution in [1.82, 2.24) is 20.5 Å². The second-order valence-electron chi connectivity index (χ2n) is 5.73.